The summed E-state index contributed by atoms with van der Waals surface area (Å²) >= 11 is 0. The molecule has 0 fully saturated rings. The summed E-state index contributed by atoms with van der Waals surface area (Å²) in [5.74, 6) is 0.906. The molecule has 1 nitrogen and oxygen atoms in total. The molecule has 1 heteroatoms. The van der Waals surface area contributed by atoms with Crippen LogP contribution >= 0.6 is 0 Å². The summed E-state index contributed by atoms with van der Waals surface area (Å²) in [5, 5.41) is 0. The Kier molecular flexibility index (Phi) is 5.57. The highest BCUT2D eigenvalue weighted by atomic mass is 16.5. The van der Waals surface area contributed by atoms with Gasteiger partial charge < -0.3 is 4.74 Å². The molecule has 0 spiro atoms. The van der Waals surface area contributed by atoms with Crippen molar-refractivity contribution in [2.24, 2.45) is 0 Å². The highest BCUT2D eigenvalue weighted by Crippen LogP contribution is 2.07. The van der Waals surface area contributed by atoms with Gasteiger partial charge in [-0.15, -0.1) is 0 Å². The van der Waals surface area contributed by atoms with E-state index in [1.54, 1.807) is 0 Å². The molecule has 0 aliphatic rings. The number of allylic oxidation sites excluding steroid dienone is 1. The molecule has 0 heterocycles. The summed E-state index contributed by atoms with van der Waals surface area (Å²) in [6.45, 7) is 2.86. The fraction of sp³-hybridized carbons (Fsp3) is 0.385. The smallest absolute Gasteiger partial charge is 0.119 e. The first kappa shape index (κ1) is 10.8. The van der Waals surface area contributed by atoms with Crippen molar-refractivity contribution in [1.82, 2.24) is 0 Å². The predicted molar refractivity (Wildman–Crippen MR) is 59.4 cm³/mol. The fourth-order valence-electron chi connectivity index (χ4n) is 1.12. The SMILES string of the molecule is CCCCC=CCOc1cc[c]cc1. The van der Waals surface area contributed by atoms with Crippen LogP contribution in [0.25, 0.3) is 0 Å². The molecule has 1 rings (SSSR count). The van der Waals surface area contributed by atoms with Gasteiger partial charge in [-0.3, -0.25) is 0 Å². The van der Waals surface area contributed by atoms with Crippen molar-refractivity contribution in [3.63, 3.8) is 0 Å². The number of rotatable bonds is 6. The van der Waals surface area contributed by atoms with E-state index in [0.29, 0.717) is 6.61 Å². The summed E-state index contributed by atoms with van der Waals surface area (Å²) in [6, 6.07) is 10.5. The Labute approximate surface area is 86.4 Å². The second kappa shape index (κ2) is 7.19. The third-order valence-corrected chi connectivity index (χ3v) is 1.92. The first-order valence-corrected chi connectivity index (χ1v) is 5.17. The molecule has 0 amide bonds. The normalized spacial score (nSPS) is 10.6. The van der Waals surface area contributed by atoms with Crippen LogP contribution in [0.5, 0.6) is 5.75 Å². The van der Waals surface area contributed by atoms with E-state index < -0.39 is 0 Å². The van der Waals surface area contributed by atoms with Gasteiger partial charge in [0.1, 0.15) is 12.4 Å². The van der Waals surface area contributed by atoms with Gasteiger partial charge in [0.05, 0.1) is 0 Å². The van der Waals surface area contributed by atoms with Gasteiger partial charge in [0.15, 0.2) is 0 Å². The monoisotopic (exact) mass is 189 g/mol. The van der Waals surface area contributed by atoms with Gasteiger partial charge in [-0.2, -0.15) is 0 Å². The molecular weight excluding hydrogens is 172 g/mol. The number of unbranched alkanes of at least 4 members (excludes halogenated alkanes) is 2. The summed E-state index contributed by atoms with van der Waals surface area (Å²) in [5.41, 5.74) is 0. The van der Waals surface area contributed by atoms with E-state index in [2.05, 4.69) is 25.1 Å². The van der Waals surface area contributed by atoms with Gasteiger partial charge in [-0.25, -0.2) is 0 Å². The lowest BCUT2D eigenvalue weighted by Gasteiger charge is -2.00. The van der Waals surface area contributed by atoms with Crippen LogP contribution in [0.4, 0.5) is 0 Å². The average Bonchev–Trinajstić information content (AvgIpc) is 2.25. The van der Waals surface area contributed by atoms with E-state index in [4.69, 9.17) is 4.74 Å². The molecule has 0 saturated carbocycles. The Balaban J connectivity index is 2.12. The first-order chi connectivity index (χ1) is 6.93. The Morgan fingerprint density at radius 1 is 1.29 bits per heavy atom. The molecule has 1 radical (unpaired) electrons. The summed E-state index contributed by atoms with van der Waals surface area (Å²) in [6.07, 6.45) is 7.92. The van der Waals surface area contributed by atoms with Crippen LogP contribution in [0.3, 0.4) is 0 Å². The van der Waals surface area contributed by atoms with Crippen LogP contribution in [0.15, 0.2) is 36.4 Å². The van der Waals surface area contributed by atoms with Gasteiger partial charge in [-0.1, -0.05) is 44.1 Å². The number of benzene rings is 1. The molecule has 1 aromatic carbocycles. The predicted octanol–water partition coefficient (Wildman–Crippen LogP) is 3.61. The molecule has 0 unspecified atom stereocenters. The summed E-state index contributed by atoms with van der Waals surface area (Å²) < 4.78 is 5.48. The first-order valence-electron chi connectivity index (χ1n) is 5.17. The summed E-state index contributed by atoms with van der Waals surface area (Å²) in [4.78, 5) is 0. The van der Waals surface area contributed by atoms with Crippen LogP contribution in [-0.2, 0) is 0 Å². The largest absolute Gasteiger partial charge is 0.490 e. The van der Waals surface area contributed by atoms with Crippen molar-refractivity contribution in [3.05, 3.63) is 42.5 Å². The van der Waals surface area contributed by atoms with Gasteiger partial charge >= 0.3 is 0 Å². The standard InChI is InChI=1S/C13H17O/c1-2-3-4-5-9-12-14-13-10-7-6-8-11-13/h5,7-11H,2-4,12H2,1H3. The lowest BCUT2D eigenvalue weighted by molar-refractivity contribution is 0.362. The lowest BCUT2D eigenvalue weighted by Crippen LogP contribution is -1.92. The molecule has 1 aromatic rings. The third-order valence-electron chi connectivity index (χ3n) is 1.92. The molecule has 0 N–H and O–H groups in total. The molecule has 75 valence electrons. The Hall–Kier alpha value is -1.24. The van der Waals surface area contributed by atoms with E-state index in [-0.39, 0.29) is 0 Å². The van der Waals surface area contributed by atoms with Gasteiger partial charge in [-0.05, 0) is 24.6 Å². The fourth-order valence-corrected chi connectivity index (χ4v) is 1.12. The van der Waals surface area contributed by atoms with Crippen LogP contribution in [0.1, 0.15) is 26.2 Å². The van der Waals surface area contributed by atoms with E-state index >= 15 is 0 Å². The number of hydrogen-bond acceptors (Lipinski definition) is 1. The van der Waals surface area contributed by atoms with Gasteiger partial charge in [0.2, 0.25) is 0 Å². The zero-order valence-corrected chi connectivity index (χ0v) is 8.70. The van der Waals surface area contributed by atoms with Crippen molar-refractivity contribution >= 4 is 0 Å². The quantitative estimate of drug-likeness (QED) is 0.490. The number of hydrogen-bond donors (Lipinski definition) is 0. The van der Waals surface area contributed by atoms with Crippen molar-refractivity contribution in [2.75, 3.05) is 6.61 Å². The molecular formula is C13H17O. The second-order valence-electron chi connectivity index (χ2n) is 3.16. The maximum absolute atomic E-state index is 5.48. The third kappa shape index (κ3) is 4.70. The van der Waals surface area contributed by atoms with E-state index in [9.17, 15) is 0 Å². The Bertz CT molecular complexity index is 251. The van der Waals surface area contributed by atoms with Crippen LogP contribution in [0, 0.1) is 6.07 Å². The highest BCUT2D eigenvalue weighted by molar-refractivity contribution is 5.20. The van der Waals surface area contributed by atoms with Crippen LogP contribution in [0.2, 0.25) is 0 Å². The molecule has 14 heavy (non-hydrogen) atoms. The van der Waals surface area contributed by atoms with Crippen molar-refractivity contribution < 1.29 is 4.74 Å². The van der Waals surface area contributed by atoms with Crippen molar-refractivity contribution in [3.8, 4) is 5.75 Å². The topological polar surface area (TPSA) is 9.23 Å². The molecule has 0 bridgehead atoms. The van der Waals surface area contributed by atoms with Crippen molar-refractivity contribution in [1.29, 1.82) is 0 Å². The van der Waals surface area contributed by atoms with E-state index in [1.807, 2.05) is 24.3 Å². The van der Waals surface area contributed by atoms with Crippen LogP contribution < -0.4 is 4.74 Å². The minimum atomic E-state index is 0.660. The Morgan fingerprint density at radius 2 is 2.07 bits per heavy atom. The Morgan fingerprint density at radius 3 is 2.79 bits per heavy atom. The average molecular weight is 189 g/mol. The zero-order valence-electron chi connectivity index (χ0n) is 8.70. The molecule has 0 aromatic heterocycles. The zero-order chi connectivity index (χ0) is 10.1. The molecule has 0 aliphatic heterocycles. The maximum atomic E-state index is 5.48. The lowest BCUT2D eigenvalue weighted by atomic mass is 10.2. The molecule has 0 saturated heterocycles. The van der Waals surface area contributed by atoms with E-state index in [0.717, 1.165) is 12.2 Å². The molecule has 0 aliphatic carbocycles. The van der Waals surface area contributed by atoms with Gasteiger partial charge in [0.25, 0.3) is 0 Å². The molecule has 0 atom stereocenters. The highest BCUT2D eigenvalue weighted by Gasteiger charge is 1.86. The second-order valence-corrected chi connectivity index (χ2v) is 3.16. The maximum Gasteiger partial charge on any atom is 0.119 e. The van der Waals surface area contributed by atoms with E-state index in [1.165, 1.54) is 12.8 Å². The van der Waals surface area contributed by atoms with Crippen LogP contribution in [-0.4, -0.2) is 6.61 Å². The summed E-state index contributed by atoms with van der Waals surface area (Å²) in [7, 11) is 0. The number of ether oxygens (including phenoxy) is 1. The van der Waals surface area contributed by atoms with Crippen molar-refractivity contribution in [2.45, 2.75) is 26.2 Å². The minimum absolute atomic E-state index is 0.660. The van der Waals surface area contributed by atoms with Gasteiger partial charge in [0, 0.05) is 0 Å². The minimum Gasteiger partial charge on any atom is -0.490 e.